The van der Waals surface area contributed by atoms with E-state index in [0.717, 1.165) is 0 Å². The van der Waals surface area contributed by atoms with E-state index in [1.807, 2.05) is 22.6 Å². The van der Waals surface area contributed by atoms with Crippen LogP contribution >= 0.6 is 22.6 Å². The molecular weight excluding hydrogens is 248 g/mol. The van der Waals surface area contributed by atoms with E-state index >= 15 is 0 Å². The van der Waals surface area contributed by atoms with E-state index in [9.17, 15) is 9.18 Å². The lowest BCUT2D eigenvalue weighted by Crippen LogP contribution is -1.93. The number of rotatable bonds is 1. The smallest absolute Gasteiger partial charge is 0.171 e. The summed E-state index contributed by atoms with van der Waals surface area (Å²) in [5.41, 5.74) is -0.132. The van der Waals surface area contributed by atoms with Crippen molar-refractivity contribution in [3.8, 4) is 0 Å². The highest BCUT2D eigenvalue weighted by Gasteiger charge is 2.00. The summed E-state index contributed by atoms with van der Waals surface area (Å²) in [7, 11) is 0. The van der Waals surface area contributed by atoms with Gasteiger partial charge in [-0.25, -0.2) is 9.37 Å². The minimum absolute atomic E-state index is 0.132. The molecule has 0 N–H and O–H groups in total. The van der Waals surface area contributed by atoms with E-state index in [4.69, 9.17) is 0 Å². The Bertz CT molecular complexity index is 264. The third-order valence-corrected chi connectivity index (χ3v) is 1.55. The summed E-state index contributed by atoms with van der Waals surface area (Å²) >= 11 is 1.91. The molecule has 0 atom stereocenters. The molecule has 1 heterocycles. The van der Waals surface area contributed by atoms with Crippen molar-refractivity contribution in [3.05, 3.63) is 27.3 Å². The maximum Gasteiger partial charge on any atom is 0.171 e. The lowest BCUT2D eigenvalue weighted by molar-refractivity contribution is 0.111. The maximum absolute atomic E-state index is 12.5. The summed E-state index contributed by atoms with van der Waals surface area (Å²) in [4.78, 5) is 13.7. The highest BCUT2D eigenvalue weighted by Crippen LogP contribution is 2.05. The summed E-state index contributed by atoms with van der Waals surface area (Å²) < 4.78 is 13.1. The first-order valence-electron chi connectivity index (χ1n) is 2.51. The molecule has 1 rings (SSSR count). The third kappa shape index (κ3) is 1.50. The predicted molar refractivity (Wildman–Crippen MR) is 42.3 cm³/mol. The van der Waals surface area contributed by atoms with Gasteiger partial charge in [-0.2, -0.15) is 0 Å². The van der Waals surface area contributed by atoms with E-state index < -0.39 is 5.82 Å². The fourth-order valence-electron chi connectivity index (χ4n) is 0.516. The highest BCUT2D eigenvalue weighted by atomic mass is 127. The van der Waals surface area contributed by atoms with Crippen LogP contribution < -0.4 is 0 Å². The van der Waals surface area contributed by atoms with Gasteiger partial charge in [0.15, 0.2) is 12.1 Å². The average Bonchev–Trinajstić information content (AvgIpc) is 1.94. The van der Waals surface area contributed by atoms with Gasteiger partial charge in [0, 0.05) is 0 Å². The van der Waals surface area contributed by atoms with Gasteiger partial charge in [-0.05, 0) is 34.7 Å². The Hall–Kier alpha value is -0.520. The van der Waals surface area contributed by atoms with Gasteiger partial charge in [0.25, 0.3) is 0 Å². The molecule has 10 heavy (non-hydrogen) atoms. The zero-order valence-electron chi connectivity index (χ0n) is 4.84. The van der Waals surface area contributed by atoms with Gasteiger partial charge in [0.2, 0.25) is 0 Å². The fraction of sp³-hybridized carbons (Fsp3) is 0. The van der Waals surface area contributed by atoms with Crippen LogP contribution in [0.4, 0.5) is 4.39 Å². The van der Waals surface area contributed by atoms with E-state index in [-0.39, 0.29) is 5.69 Å². The topological polar surface area (TPSA) is 30.0 Å². The molecule has 1 aromatic heterocycles. The molecule has 0 fully saturated rings. The number of pyridine rings is 1. The van der Waals surface area contributed by atoms with Crippen molar-refractivity contribution in [1.82, 2.24) is 4.98 Å². The lowest BCUT2D eigenvalue weighted by atomic mass is 10.4. The molecule has 2 nitrogen and oxygen atoms in total. The molecule has 0 saturated carbocycles. The van der Waals surface area contributed by atoms with Crippen LogP contribution in [0, 0.1) is 9.52 Å². The van der Waals surface area contributed by atoms with Gasteiger partial charge in [0.1, 0.15) is 9.39 Å². The number of halogens is 2. The molecular formula is C6H3FINO. The molecule has 0 aliphatic carbocycles. The van der Waals surface area contributed by atoms with Crippen LogP contribution in [0.3, 0.4) is 0 Å². The van der Waals surface area contributed by atoms with Crippen molar-refractivity contribution in [3.63, 3.8) is 0 Å². The van der Waals surface area contributed by atoms with Crippen LogP contribution in [0.1, 0.15) is 10.5 Å². The summed E-state index contributed by atoms with van der Waals surface area (Å²) in [5.74, 6) is -0.574. The van der Waals surface area contributed by atoms with Crippen molar-refractivity contribution in [2.24, 2.45) is 0 Å². The Morgan fingerprint density at radius 3 is 2.80 bits per heavy atom. The molecule has 0 aliphatic rings. The Labute approximate surface area is 70.6 Å². The number of carbonyl (C=O) groups excluding carboxylic acids is 1. The molecule has 4 heteroatoms. The first kappa shape index (κ1) is 7.59. The summed E-state index contributed by atoms with van der Waals surface area (Å²) in [6.45, 7) is 0. The van der Waals surface area contributed by atoms with Crippen molar-refractivity contribution in [2.75, 3.05) is 0 Å². The molecule has 52 valence electrons. The van der Waals surface area contributed by atoms with Gasteiger partial charge < -0.3 is 0 Å². The van der Waals surface area contributed by atoms with Gasteiger partial charge in [0.05, 0.1) is 0 Å². The first-order valence-corrected chi connectivity index (χ1v) is 3.59. The predicted octanol–water partition coefficient (Wildman–Crippen LogP) is 1.64. The van der Waals surface area contributed by atoms with Crippen molar-refractivity contribution >= 4 is 28.9 Å². The second kappa shape index (κ2) is 3.05. The van der Waals surface area contributed by atoms with Crippen LogP contribution in [0.25, 0.3) is 0 Å². The lowest BCUT2D eigenvalue weighted by Gasteiger charge is -1.92. The maximum atomic E-state index is 12.5. The second-order valence-electron chi connectivity index (χ2n) is 1.62. The Balaban J connectivity index is 3.21. The van der Waals surface area contributed by atoms with Crippen LogP contribution in [-0.4, -0.2) is 11.3 Å². The Kier molecular flexibility index (Phi) is 2.31. The number of carbonyl (C=O) groups is 1. The molecule has 0 unspecified atom stereocenters. The summed E-state index contributed by atoms with van der Waals surface area (Å²) in [6, 6.07) is 2.72. The second-order valence-corrected chi connectivity index (χ2v) is 2.72. The van der Waals surface area contributed by atoms with Crippen molar-refractivity contribution in [1.29, 1.82) is 0 Å². The van der Waals surface area contributed by atoms with E-state index in [1.54, 1.807) is 0 Å². The molecule has 1 aromatic rings. The van der Waals surface area contributed by atoms with Crippen LogP contribution in [-0.2, 0) is 0 Å². The first-order chi connectivity index (χ1) is 4.74. The minimum Gasteiger partial charge on any atom is -0.296 e. The zero-order valence-corrected chi connectivity index (χ0v) is 7.00. The van der Waals surface area contributed by atoms with Gasteiger partial charge >= 0.3 is 0 Å². The van der Waals surface area contributed by atoms with Crippen LogP contribution in [0.15, 0.2) is 12.1 Å². The molecule has 0 saturated heterocycles. The number of aldehydes is 1. The summed E-state index contributed by atoms with van der Waals surface area (Å²) in [5, 5.41) is 0. The monoisotopic (exact) mass is 251 g/mol. The molecule has 0 spiro atoms. The number of aromatic nitrogens is 1. The van der Waals surface area contributed by atoms with Crippen LogP contribution in [0.2, 0.25) is 0 Å². The summed E-state index contributed by atoms with van der Waals surface area (Å²) in [6.07, 6.45) is 0.400. The van der Waals surface area contributed by atoms with Gasteiger partial charge in [-0.15, -0.1) is 0 Å². The third-order valence-electron chi connectivity index (χ3n) is 0.951. The number of hydrogen-bond acceptors (Lipinski definition) is 2. The van der Waals surface area contributed by atoms with Gasteiger partial charge in [-0.3, -0.25) is 4.79 Å². The minimum atomic E-state index is -0.574. The normalized spacial score (nSPS) is 9.40. The van der Waals surface area contributed by atoms with Crippen LogP contribution in [0.5, 0.6) is 0 Å². The molecule has 0 aliphatic heterocycles. The molecule has 0 amide bonds. The number of hydrogen-bond donors (Lipinski definition) is 0. The highest BCUT2D eigenvalue weighted by molar-refractivity contribution is 14.1. The van der Waals surface area contributed by atoms with Gasteiger partial charge in [-0.1, -0.05) is 0 Å². The van der Waals surface area contributed by atoms with Crippen molar-refractivity contribution in [2.45, 2.75) is 0 Å². The quantitative estimate of drug-likeness (QED) is 0.431. The van der Waals surface area contributed by atoms with Crippen molar-refractivity contribution < 1.29 is 9.18 Å². The average molecular weight is 251 g/mol. The molecule has 0 radical (unpaired) electrons. The van der Waals surface area contributed by atoms with E-state index in [0.29, 0.717) is 9.99 Å². The number of nitrogens with zero attached hydrogens (tertiary/aromatic N) is 1. The van der Waals surface area contributed by atoms with E-state index in [1.165, 1.54) is 12.1 Å². The molecule has 0 bridgehead atoms. The molecule has 0 aromatic carbocycles. The fourth-order valence-corrected chi connectivity index (χ4v) is 0.955. The Morgan fingerprint density at radius 1 is 1.60 bits per heavy atom. The standard InChI is InChI=1S/C6H3FINO/c7-4-1-2-6(8)9-5(4)3-10/h1-3H. The zero-order chi connectivity index (χ0) is 7.56. The Morgan fingerprint density at radius 2 is 2.30 bits per heavy atom. The largest absolute Gasteiger partial charge is 0.296 e. The van der Waals surface area contributed by atoms with E-state index in [2.05, 4.69) is 4.98 Å². The SMILES string of the molecule is O=Cc1nc(I)ccc1F.